The third-order valence-electron chi connectivity index (χ3n) is 2.32. The van der Waals surface area contributed by atoms with Crippen molar-refractivity contribution in [1.82, 2.24) is 5.32 Å². The van der Waals surface area contributed by atoms with Crippen LogP contribution in [0.15, 0.2) is 0 Å². The summed E-state index contributed by atoms with van der Waals surface area (Å²) in [6.07, 6.45) is 3.25. The molecule has 0 aliphatic heterocycles. The van der Waals surface area contributed by atoms with E-state index in [-0.39, 0.29) is 6.67 Å². The lowest BCUT2D eigenvalue weighted by Gasteiger charge is -2.34. The van der Waals surface area contributed by atoms with Gasteiger partial charge in [0.05, 0.1) is 12.8 Å². The molecule has 0 aromatic carbocycles. The van der Waals surface area contributed by atoms with Crippen molar-refractivity contribution in [3.63, 3.8) is 0 Å². The second kappa shape index (κ2) is 5.49. The van der Waals surface area contributed by atoms with E-state index in [2.05, 4.69) is 5.32 Å². The first kappa shape index (κ1) is 9.93. The van der Waals surface area contributed by atoms with Gasteiger partial charge in [-0.2, -0.15) is 0 Å². The van der Waals surface area contributed by atoms with E-state index < -0.39 is 0 Å². The zero-order valence-electron chi connectivity index (χ0n) is 7.68. The molecule has 0 aromatic rings. The Morgan fingerprint density at radius 2 is 2.25 bits per heavy atom. The molecule has 1 N–H and O–H groups in total. The number of hydrogen-bond donors (Lipinski definition) is 1. The Morgan fingerprint density at radius 3 is 2.83 bits per heavy atom. The average Bonchev–Trinajstić information content (AvgIpc) is 2.00. The summed E-state index contributed by atoms with van der Waals surface area (Å²) in [7, 11) is 1.97. The fraction of sp³-hybridized carbons (Fsp3) is 1.00. The molecular formula is C9H18FNO. The van der Waals surface area contributed by atoms with Crippen molar-refractivity contribution in [2.24, 2.45) is 5.92 Å². The van der Waals surface area contributed by atoms with Crippen molar-refractivity contribution in [3.8, 4) is 0 Å². The molecule has 1 saturated carbocycles. The maximum Gasteiger partial charge on any atom is 0.0916 e. The molecule has 0 amide bonds. The molecule has 1 rings (SSSR count). The summed E-state index contributed by atoms with van der Waals surface area (Å²) in [6.45, 7) is 1.42. The van der Waals surface area contributed by atoms with Crippen molar-refractivity contribution >= 4 is 0 Å². The molecular weight excluding hydrogens is 157 g/mol. The Labute approximate surface area is 73.5 Å². The molecule has 0 unspecified atom stereocenters. The maximum atomic E-state index is 11.7. The molecule has 72 valence electrons. The zero-order chi connectivity index (χ0) is 8.81. The van der Waals surface area contributed by atoms with Gasteiger partial charge in [-0.15, -0.1) is 0 Å². The van der Waals surface area contributed by atoms with Gasteiger partial charge in [-0.25, -0.2) is 0 Å². The van der Waals surface area contributed by atoms with Crippen LogP contribution in [0.1, 0.15) is 19.3 Å². The summed E-state index contributed by atoms with van der Waals surface area (Å²) in [4.78, 5) is 0. The third kappa shape index (κ3) is 3.07. The summed E-state index contributed by atoms with van der Waals surface area (Å²) in [5.41, 5.74) is 0. The van der Waals surface area contributed by atoms with Crippen LogP contribution in [-0.4, -0.2) is 33.0 Å². The summed E-state index contributed by atoms with van der Waals surface area (Å²) in [5, 5.41) is 3.14. The van der Waals surface area contributed by atoms with E-state index in [4.69, 9.17) is 4.74 Å². The number of rotatable bonds is 6. The Morgan fingerprint density at radius 1 is 1.50 bits per heavy atom. The Kier molecular flexibility index (Phi) is 4.54. The summed E-state index contributed by atoms with van der Waals surface area (Å²) >= 11 is 0. The highest BCUT2D eigenvalue weighted by atomic mass is 19.1. The highest BCUT2D eigenvalue weighted by molar-refractivity contribution is 4.81. The van der Waals surface area contributed by atoms with Crippen LogP contribution < -0.4 is 5.32 Å². The Balaban J connectivity index is 1.88. The molecule has 12 heavy (non-hydrogen) atoms. The maximum absolute atomic E-state index is 11.7. The monoisotopic (exact) mass is 175 g/mol. The van der Waals surface area contributed by atoms with E-state index in [0.717, 1.165) is 25.3 Å². The van der Waals surface area contributed by atoms with Crippen molar-refractivity contribution in [3.05, 3.63) is 0 Å². The van der Waals surface area contributed by atoms with Gasteiger partial charge in [0, 0.05) is 6.61 Å². The van der Waals surface area contributed by atoms with E-state index in [0.29, 0.717) is 19.1 Å². The number of hydrogen-bond acceptors (Lipinski definition) is 2. The fourth-order valence-corrected chi connectivity index (χ4v) is 1.57. The van der Waals surface area contributed by atoms with Crippen molar-refractivity contribution in [1.29, 1.82) is 0 Å². The molecule has 0 aromatic heterocycles. The van der Waals surface area contributed by atoms with Crippen LogP contribution in [-0.2, 0) is 4.74 Å². The number of alkyl halides is 1. The predicted octanol–water partition coefficient (Wildman–Crippen LogP) is 1.36. The van der Waals surface area contributed by atoms with Gasteiger partial charge in [0.1, 0.15) is 0 Å². The van der Waals surface area contributed by atoms with Gasteiger partial charge in [0.25, 0.3) is 0 Å². The molecule has 0 bridgehead atoms. The topological polar surface area (TPSA) is 21.3 Å². The first-order chi connectivity index (χ1) is 5.86. The van der Waals surface area contributed by atoms with Crippen LogP contribution in [0.5, 0.6) is 0 Å². The highest BCUT2D eigenvalue weighted by Crippen LogP contribution is 2.29. The van der Waals surface area contributed by atoms with Crippen molar-refractivity contribution < 1.29 is 9.13 Å². The minimum absolute atomic E-state index is 0.257. The van der Waals surface area contributed by atoms with E-state index in [9.17, 15) is 4.39 Å². The van der Waals surface area contributed by atoms with E-state index in [1.54, 1.807) is 0 Å². The minimum atomic E-state index is -0.257. The number of nitrogens with one attached hydrogen (secondary N) is 1. The smallest absolute Gasteiger partial charge is 0.0916 e. The third-order valence-corrected chi connectivity index (χ3v) is 2.32. The molecule has 1 fully saturated rings. The van der Waals surface area contributed by atoms with Gasteiger partial charge in [0.15, 0.2) is 0 Å². The highest BCUT2D eigenvalue weighted by Gasteiger charge is 2.28. The summed E-state index contributed by atoms with van der Waals surface area (Å²) in [6, 6.07) is 0. The van der Waals surface area contributed by atoms with Crippen molar-refractivity contribution in [2.75, 3.05) is 26.9 Å². The lowest BCUT2D eigenvalue weighted by Crippen LogP contribution is -2.37. The SMILES string of the molecule is CNCC1CC(OCCCF)C1. The van der Waals surface area contributed by atoms with Gasteiger partial charge in [-0.3, -0.25) is 4.39 Å². The largest absolute Gasteiger partial charge is 0.378 e. The molecule has 1 aliphatic carbocycles. The summed E-state index contributed by atoms with van der Waals surface area (Å²) < 4.78 is 17.1. The van der Waals surface area contributed by atoms with Gasteiger partial charge < -0.3 is 10.1 Å². The average molecular weight is 175 g/mol. The van der Waals surface area contributed by atoms with Crippen LogP contribution in [0.2, 0.25) is 0 Å². The van der Waals surface area contributed by atoms with E-state index in [1.165, 1.54) is 0 Å². The van der Waals surface area contributed by atoms with Gasteiger partial charge >= 0.3 is 0 Å². The standard InChI is InChI=1S/C9H18FNO/c1-11-7-8-5-9(6-8)12-4-2-3-10/h8-9,11H,2-7H2,1H3. The molecule has 3 heteroatoms. The van der Waals surface area contributed by atoms with E-state index in [1.807, 2.05) is 7.05 Å². The van der Waals surface area contributed by atoms with Crippen LogP contribution in [0.4, 0.5) is 4.39 Å². The van der Waals surface area contributed by atoms with Crippen LogP contribution in [0, 0.1) is 5.92 Å². The number of halogens is 1. The summed E-state index contributed by atoms with van der Waals surface area (Å²) in [5.74, 6) is 0.783. The molecule has 0 radical (unpaired) electrons. The van der Waals surface area contributed by atoms with E-state index >= 15 is 0 Å². The van der Waals surface area contributed by atoms with Gasteiger partial charge in [0.2, 0.25) is 0 Å². The quantitative estimate of drug-likeness (QED) is 0.615. The minimum Gasteiger partial charge on any atom is -0.378 e. The van der Waals surface area contributed by atoms with Crippen LogP contribution in [0.3, 0.4) is 0 Å². The normalized spacial score (nSPS) is 28.5. The van der Waals surface area contributed by atoms with Crippen LogP contribution in [0.25, 0.3) is 0 Å². The van der Waals surface area contributed by atoms with Gasteiger partial charge in [-0.05, 0) is 38.8 Å². The molecule has 0 spiro atoms. The number of ether oxygens (including phenoxy) is 1. The second-order valence-electron chi connectivity index (χ2n) is 3.43. The first-order valence-corrected chi connectivity index (χ1v) is 4.69. The second-order valence-corrected chi connectivity index (χ2v) is 3.43. The Hall–Kier alpha value is -0.150. The molecule has 0 heterocycles. The first-order valence-electron chi connectivity index (χ1n) is 4.69. The molecule has 0 atom stereocenters. The molecule has 2 nitrogen and oxygen atoms in total. The zero-order valence-corrected chi connectivity index (χ0v) is 7.68. The fourth-order valence-electron chi connectivity index (χ4n) is 1.57. The lowest BCUT2D eigenvalue weighted by atomic mass is 9.82. The molecule has 0 saturated heterocycles. The van der Waals surface area contributed by atoms with Gasteiger partial charge in [-0.1, -0.05) is 0 Å². The van der Waals surface area contributed by atoms with Crippen LogP contribution >= 0.6 is 0 Å². The van der Waals surface area contributed by atoms with Crippen molar-refractivity contribution in [2.45, 2.75) is 25.4 Å². The lowest BCUT2D eigenvalue weighted by molar-refractivity contribution is -0.0314. The predicted molar refractivity (Wildman–Crippen MR) is 47.0 cm³/mol. The molecule has 1 aliphatic rings. The Bertz CT molecular complexity index is 112.